The molecule has 3 heteroatoms. The van der Waals surface area contributed by atoms with Crippen molar-refractivity contribution >= 4 is 5.91 Å². The van der Waals surface area contributed by atoms with Gasteiger partial charge in [-0.05, 0) is 45.6 Å². The van der Waals surface area contributed by atoms with Crippen LogP contribution in [0.4, 0.5) is 0 Å². The van der Waals surface area contributed by atoms with Crippen LogP contribution in [0.3, 0.4) is 0 Å². The minimum atomic E-state index is -0.0773. The lowest BCUT2D eigenvalue weighted by molar-refractivity contribution is -0.121. The number of hydrogen-bond donors (Lipinski definition) is 2. The maximum absolute atomic E-state index is 11.6. The van der Waals surface area contributed by atoms with Crippen LogP contribution in [-0.4, -0.2) is 24.5 Å². The van der Waals surface area contributed by atoms with E-state index in [0.29, 0.717) is 6.54 Å². The fourth-order valence-electron chi connectivity index (χ4n) is 2.11. The Balaban J connectivity index is 2.10. The van der Waals surface area contributed by atoms with Crippen LogP contribution in [0.2, 0.25) is 0 Å². The minimum Gasteiger partial charge on any atom is -0.350 e. The lowest BCUT2D eigenvalue weighted by Crippen LogP contribution is -2.46. The molecular weight excluding hydrogens is 200 g/mol. The molecule has 0 aromatic heterocycles. The number of amides is 1. The van der Waals surface area contributed by atoms with E-state index in [2.05, 4.69) is 31.4 Å². The lowest BCUT2D eigenvalue weighted by atomic mass is 10.0. The van der Waals surface area contributed by atoms with Gasteiger partial charge in [-0.15, -0.1) is 0 Å². The zero-order valence-electron chi connectivity index (χ0n) is 10.9. The molecule has 0 unspecified atom stereocenters. The summed E-state index contributed by atoms with van der Waals surface area (Å²) in [5.74, 6) is 0.914. The molecule has 1 aliphatic rings. The Kier molecular flexibility index (Phi) is 5.26. The zero-order valence-corrected chi connectivity index (χ0v) is 10.9. The molecule has 0 bridgehead atoms. The second-order valence-corrected chi connectivity index (χ2v) is 5.57. The quantitative estimate of drug-likeness (QED) is 0.728. The third kappa shape index (κ3) is 4.97. The average molecular weight is 226 g/mol. The van der Waals surface area contributed by atoms with Crippen molar-refractivity contribution in [3.8, 4) is 0 Å². The fraction of sp³-hybridized carbons (Fsp3) is 0.923. The Hall–Kier alpha value is -0.570. The van der Waals surface area contributed by atoms with Crippen LogP contribution in [0.1, 0.15) is 52.9 Å². The summed E-state index contributed by atoms with van der Waals surface area (Å²) in [5.41, 5.74) is -0.0773. The maximum Gasteiger partial charge on any atom is 0.234 e. The van der Waals surface area contributed by atoms with Crippen molar-refractivity contribution in [2.45, 2.75) is 58.4 Å². The summed E-state index contributed by atoms with van der Waals surface area (Å²) in [4.78, 5) is 11.6. The van der Waals surface area contributed by atoms with E-state index >= 15 is 0 Å². The first-order valence-electron chi connectivity index (χ1n) is 6.55. The number of rotatable bonds is 6. The Morgan fingerprint density at radius 2 is 1.94 bits per heavy atom. The van der Waals surface area contributed by atoms with Gasteiger partial charge in [-0.2, -0.15) is 0 Å². The van der Waals surface area contributed by atoms with E-state index in [1.54, 1.807) is 0 Å². The molecule has 1 amide bonds. The molecule has 1 rings (SSSR count). The Morgan fingerprint density at radius 3 is 2.50 bits per heavy atom. The van der Waals surface area contributed by atoms with Crippen molar-refractivity contribution in [1.82, 2.24) is 10.6 Å². The summed E-state index contributed by atoms with van der Waals surface area (Å²) in [6.07, 6.45) is 6.34. The SMILES string of the molecule is CCC(C)(C)NC(=O)CNCC1CCCC1. The van der Waals surface area contributed by atoms with E-state index < -0.39 is 0 Å². The topological polar surface area (TPSA) is 41.1 Å². The molecule has 0 aromatic carbocycles. The highest BCUT2D eigenvalue weighted by Gasteiger charge is 2.18. The van der Waals surface area contributed by atoms with E-state index in [-0.39, 0.29) is 11.4 Å². The van der Waals surface area contributed by atoms with E-state index in [0.717, 1.165) is 18.9 Å². The Morgan fingerprint density at radius 1 is 1.31 bits per heavy atom. The van der Waals surface area contributed by atoms with Crippen LogP contribution in [0, 0.1) is 5.92 Å². The van der Waals surface area contributed by atoms with Crippen molar-refractivity contribution in [1.29, 1.82) is 0 Å². The van der Waals surface area contributed by atoms with Crippen molar-refractivity contribution in [2.24, 2.45) is 5.92 Å². The summed E-state index contributed by atoms with van der Waals surface area (Å²) in [6.45, 7) is 7.66. The summed E-state index contributed by atoms with van der Waals surface area (Å²) in [6, 6.07) is 0. The first kappa shape index (κ1) is 13.5. The van der Waals surface area contributed by atoms with Gasteiger partial charge in [0, 0.05) is 5.54 Å². The van der Waals surface area contributed by atoms with Gasteiger partial charge in [-0.3, -0.25) is 4.79 Å². The predicted molar refractivity (Wildman–Crippen MR) is 67.3 cm³/mol. The van der Waals surface area contributed by atoms with Gasteiger partial charge in [-0.1, -0.05) is 19.8 Å². The maximum atomic E-state index is 11.6. The van der Waals surface area contributed by atoms with Crippen LogP contribution >= 0.6 is 0 Å². The fourth-order valence-corrected chi connectivity index (χ4v) is 2.11. The van der Waals surface area contributed by atoms with Crippen molar-refractivity contribution in [2.75, 3.05) is 13.1 Å². The van der Waals surface area contributed by atoms with Crippen molar-refractivity contribution in [3.63, 3.8) is 0 Å². The molecular formula is C13H26N2O. The zero-order chi connectivity index (χ0) is 12.0. The highest BCUT2D eigenvalue weighted by atomic mass is 16.2. The second kappa shape index (κ2) is 6.24. The monoisotopic (exact) mass is 226 g/mol. The lowest BCUT2D eigenvalue weighted by Gasteiger charge is -2.24. The van der Waals surface area contributed by atoms with E-state index in [4.69, 9.17) is 0 Å². The first-order chi connectivity index (χ1) is 7.53. The van der Waals surface area contributed by atoms with Crippen LogP contribution in [-0.2, 0) is 4.79 Å². The molecule has 0 spiro atoms. The normalized spacial score (nSPS) is 17.7. The Bertz CT molecular complexity index is 220. The number of carbonyl (C=O) groups excluding carboxylic acids is 1. The third-order valence-electron chi connectivity index (χ3n) is 3.56. The summed E-state index contributed by atoms with van der Waals surface area (Å²) in [5, 5.41) is 6.29. The van der Waals surface area contributed by atoms with Crippen LogP contribution < -0.4 is 10.6 Å². The van der Waals surface area contributed by atoms with Gasteiger partial charge >= 0.3 is 0 Å². The van der Waals surface area contributed by atoms with E-state index in [1.165, 1.54) is 25.7 Å². The van der Waals surface area contributed by atoms with Crippen LogP contribution in [0.5, 0.6) is 0 Å². The molecule has 2 N–H and O–H groups in total. The largest absolute Gasteiger partial charge is 0.350 e. The van der Waals surface area contributed by atoms with Gasteiger partial charge in [0.25, 0.3) is 0 Å². The molecule has 0 saturated heterocycles. The molecule has 0 heterocycles. The van der Waals surface area contributed by atoms with Gasteiger partial charge in [0.15, 0.2) is 0 Å². The van der Waals surface area contributed by atoms with E-state index in [9.17, 15) is 4.79 Å². The number of nitrogens with one attached hydrogen (secondary N) is 2. The Labute approximate surface area is 99.4 Å². The smallest absolute Gasteiger partial charge is 0.234 e. The summed E-state index contributed by atoms with van der Waals surface area (Å²) >= 11 is 0. The minimum absolute atomic E-state index is 0.0773. The number of carbonyl (C=O) groups is 1. The highest BCUT2D eigenvalue weighted by Crippen LogP contribution is 2.23. The van der Waals surface area contributed by atoms with Gasteiger partial charge in [-0.25, -0.2) is 0 Å². The molecule has 1 saturated carbocycles. The molecule has 16 heavy (non-hydrogen) atoms. The molecule has 0 atom stereocenters. The standard InChI is InChI=1S/C13H26N2O/c1-4-13(2,3)15-12(16)10-14-9-11-7-5-6-8-11/h11,14H,4-10H2,1-3H3,(H,15,16). The second-order valence-electron chi connectivity index (χ2n) is 5.57. The van der Waals surface area contributed by atoms with Gasteiger partial charge < -0.3 is 10.6 Å². The van der Waals surface area contributed by atoms with Gasteiger partial charge in [0.1, 0.15) is 0 Å². The predicted octanol–water partition coefficient (Wildman–Crippen LogP) is 2.07. The van der Waals surface area contributed by atoms with Crippen LogP contribution in [0.15, 0.2) is 0 Å². The average Bonchev–Trinajstić information content (AvgIpc) is 2.70. The summed E-state index contributed by atoms with van der Waals surface area (Å²) < 4.78 is 0. The van der Waals surface area contributed by atoms with Crippen molar-refractivity contribution < 1.29 is 4.79 Å². The molecule has 0 aliphatic heterocycles. The van der Waals surface area contributed by atoms with Crippen molar-refractivity contribution in [3.05, 3.63) is 0 Å². The highest BCUT2D eigenvalue weighted by molar-refractivity contribution is 5.78. The van der Waals surface area contributed by atoms with Gasteiger partial charge in [0.2, 0.25) is 5.91 Å². The molecule has 0 aromatic rings. The third-order valence-corrected chi connectivity index (χ3v) is 3.56. The molecule has 3 nitrogen and oxygen atoms in total. The van der Waals surface area contributed by atoms with E-state index in [1.807, 2.05) is 0 Å². The van der Waals surface area contributed by atoms with Crippen LogP contribution in [0.25, 0.3) is 0 Å². The molecule has 1 aliphatic carbocycles. The molecule has 1 fully saturated rings. The molecule has 94 valence electrons. The number of hydrogen-bond acceptors (Lipinski definition) is 2. The first-order valence-corrected chi connectivity index (χ1v) is 6.55. The molecule has 0 radical (unpaired) electrons. The summed E-state index contributed by atoms with van der Waals surface area (Å²) in [7, 11) is 0. The van der Waals surface area contributed by atoms with Gasteiger partial charge in [0.05, 0.1) is 6.54 Å².